The summed E-state index contributed by atoms with van der Waals surface area (Å²) in [4.78, 5) is 22.8. The first-order valence-electron chi connectivity index (χ1n) is 7.02. The highest BCUT2D eigenvalue weighted by molar-refractivity contribution is 8.00. The van der Waals surface area contributed by atoms with Crippen molar-refractivity contribution in [3.8, 4) is 0 Å². The van der Waals surface area contributed by atoms with Gasteiger partial charge in [0.1, 0.15) is 5.78 Å². The number of rotatable bonds is 8. The van der Waals surface area contributed by atoms with Gasteiger partial charge in [-0.2, -0.15) is 24.4 Å². The van der Waals surface area contributed by atoms with Gasteiger partial charge in [0.05, 0.1) is 12.1 Å². The number of ketones is 1. The largest absolute Gasteiger partial charge is 0.332 e. The van der Waals surface area contributed by atoms with Crippen molar-refractivity contribution in [2.75, 3.05) is 11.5 Å². The zero-order chi connectivity index (χ0) is 13.7. The van der Waals surface area contributed by atoms with Gasteiger partial charge in [0, 0.05) is 23.8 Å². The van der Waals surface area contributed by atoms with E-state index >= 15 is 0 Å². The number of fused-ring (bicyclic) bond motifs is 1. The van der Waals surface area contributed by atoms with E-state index in [9.17, 15) is 9.59 Å². The molecule has 0 bridgehead atoms. The summed E-state index contributed by atoms with van der Waals surface area (Å²) in [6.07, 6.45) is 5.40. The van der Waals surface area contributed by atoms with Crippen LogP contribution in [0.1, 0.15) is 38.5 Å². The van der Waals surface area contributed by atoms with Crippen molar-refractivity contribution in [1.82, 2.24) is 10.6 Å². The van der Waals surface area contributed by atoms with Gasteiger partial charge in [-0.1, -0.05) is 6.42 Å². The van der Waals surface area contributed by atoms with Gasteiger partial charge in [0.15, 0.2) is 0 Å². The Morgan fingerprint density at radius 2 is 2.05 bits per heavy atom. The maximum Gasteiger partial charge on any atom is 0.315 e. The van der Waals surface area contributed by atoms with E-state index < -0.39 is 0 Å². The standard InChI is InChI=1S/C13H22N2O2S2/c16-9(5-3-7-18)4-1-2-6-11-12-10(8-19-11)14-13(17)15-12/h10-12,18H,1-8H2,(H2,14,15,17). The van der Waals surface area contributed by atoms with Crippen LogP contribution in [0.5, 0.6) is 0 Å². The molecule has 19 heavy (non-hydrogen) atoms. The molecule has 2 aliphatic rings. The summed E-state index contributed by atoms with van der Waals surface area (Å²) < 4.78 is 0. The Bertz CT molecular complexity index is 339. The van der Waals surface area contributed by atoms with Crippen LogP contribution in [0.4, 0.5) is 4.79 Å². The number of hydrogen-bond acceptors (Lipinski definition) is 4. The first kappa shape index (κ1) is 15.0. The van der Waals surface area contributed by atoms with Gasteiger partial charge in [-0.25, -0.2) is 4.79 Å². The monoisotopic (exact) mass is 302 g/mol. The third-order valence-electron chi connectivity index (χ3n) is 3.75. The lowest BCUT2D eigenvalue weighted by molar-refractivity contribution is -0.119. The van der Waals surface area contributed by atoms with Crippen molar-refractivity contribution >= 4 is 36.2 Å². The van der Waals surface area contributed by atoms with E-state index in [4.69, 9.17) is 0 Å². The zero-order valence-corrected chi connectivity index (χ0v) is 12.8. The number of amides is 2. The molecule has 6 heteroatoms. The van der Waals surface area contributed by atoms with E-state index in [2.05, 4.69) is 23.3 Å². The molecule has 3 atom stereocenters. The van der Waals surface area contributed by atoms with Crippen molar-refractivity contribution in [2.24, 2.45) is 0 Å². The highest BCUT2D eigenvalue weighted by Gasteiger charge is 2.42. The lowest BCUT2D eigenvalue weighted by Crippen LogP contribution is -2.36. The van der Waals surface area contributed by atoms with Crippen molar-refractivity contribution in [1.29, 1.82) is 0 Å². The molecular weight excluding hydrogens is 280 g/mol. The first-order chi connectivity index (χ1) is 9.20. The van der Waals surface area contributed by atoms with Crippen molar-refractivity contribution < 1.29 is 9.59 Å². The second-order valence-corrected chi connectivity index (χ2v) is 6.95. The van der Waals surface area contributed by atoms with Crippen LogP contribution in [0.15, 0.2) is 0 Å². The lowest BCUT2D eigenvalue weighted by Gasteiger charge is -2.16. The summed E-state index contributed by atoms with van der Waals surface area (Å²) in [5, 5.41) is 6.45. The van der Waals surface area contributed by atoms with E-state index in [0.717, 1.165) is 37.2 Å². The first-order valence-corrected chi connectivity index (χ1v) is 8.70. The van der Waals surface area contributed by atoms with Gasteiger partial charge < -0.3 is 10.6 Å². The molecule has 2 amide bonds. The average Bonchev–Trinajstić information content (AvgIpc) is 2.92. The maximum absolute atomic E-state index is 11.5. The summed E-state index contributed by atoms with van der Waals surface area (Å²) >= 11 is 6.05. The van der Waals surface area contributed by atoms with Crippen LogP contribution < -0.4 is 10.6 Å². The van der Waals surface area contributed by atoms with Gasteiger partial charge in [-0.05, 0) is 25.0 Å². The number of hydrogen-bond donors (Lipinski definition) is 3. The highest BCUT2D eigenvalue weighted by atomic mass is 32.2. The van der Waals surface area contributed by atoms with E-state index in [1.807, 2.05) is 11.8 Å². The van der Waals surface area contributed by atoms with Crippen molar-refractivity contribution in [3.63, 3.8) is 0 Å². The van der Waals surface area contributed by atoms with E-state index in [1.165, 1.54) is 0 Å². The van der Waals surface area contributed by atoms with Crippen LogP contribution in [0.2, 0.25) is 0 Å². The van der Waals surface area contributed by atoms with Gasteiger partial charge in [-0.15, -0.1) is 0 Å². The summed E-state index contributed by atoms with van der Waals surface area (Å²) in [6.45, 7) is 0. The number of carbonyl (C=O) groups excluding carboxylic acids is 2. The number of thiol groups is 1. The Morgan fingerprint density at radius 3 is 2.84 bits per heavy atom. The van der Waals surface area contributed by atoms with Gasteiger partial charge in [0.25, 0.3) is 0 Å². The summed E-state index contributed by atoms with van der Waals surface area (Å²) in [7, 11) is 0. The molecule has 0 spiro atoms. The fourth-order valence-corrected chi connectivity index (χ4v) is 4.41. The quantitative estimate of drug-likeness (QED) is 0.365. The number of Topliss-reactive ketones (excluding diaryl/α,β-unsaturated/α-hetero) is 1. The SMILES string of the molecule is O=C(CCCS)CCCCC1SCC2NC(=O)NC21. The Hall–Kier alpha value is -0.360. The summed E-state index contributed by atoms with van der Waals surface area (Å²) in [6, 6.07) is 0.569. The van der Waals surface area contributed by atoms with Crippen LogP contribution >= 0.6 is 24.4 Å². The molecule has 4 nitrogen and oxygen atoms in total. The Kier molecular flexibility index (Phi) is 5.88. The molecule has 2 heterocycles. The summed E-state index contributed by atoms with van der Waals surface area (Å²) in [5.74, 6) is 2.16. The van der Waals surface area contributed by atoms with Gasteiger partial charge in [-0.3, -0.25) is 4.79 Å². The molecule has 108 valence electrons. The van der Waals surface area contributed by atoms with Crippen molar-refractivity contribution in [2.45, 2.75) is 55.9 Å². The average molecular weight is 302 g/mol. The molecule has 2 fully saturated rings. The highest BCUT2D eigenvalue weighted by Crippen LogP contribution is 2.33. The second kappa shape index (κ2) is 7.43. The number of nitrogens with one attached hydrogen (secondary N) is 2. The third-order valence-corrected chi connectivity index (χ3v) is 5.57. The molecule has 0 radical (unpaired) electrons. The maximum atomic E-state index is 11.5. The minimum Gasteiger partial charge on any atom is -0.332 e. The van der Waals surface area contributed by atoms with Gasteiger partial charge >= 0.3 is 6.03 Å². The fourth-order valence-electron chi connectivity index (χ4n) is 2.71. The normalized spacial score (nSPS) is 28.9. The molecule has 2 N–H and O–H groups in total. The molecule has 0 aromatic carbocycles. The number of thioether (sulfide) groups is 1. The molecule has 0 aromatic rings. The predicted molar refractivity (Wildman–Crippen MR) is 82.1 cm³/mol. The molecule has 2 saturated heterocycles. The second-order valence-electron chi connectivity index (χ2n) is 5.23. The third kappa shape index (κ3) is 4.31. The lowest BCUT2D eigenvalue weighted by atomic mass is 10.0. The molecule has 2 rings (SSSR count). The number of carbonyl (C=O) groups is 2. The van der Waals surface area contributed by atoms with Crippen LogP contribution in [0, 0.1) is 0 Å². The van der Waals surface area contributed by atoms with E-state index in [0.29, 0.717) is 29.9 Å². The molecule has 0 aromatic heterocycles. The van der Waals surface area contributed by atoms with Crippen LogP contribution in [0.25, 0.3) is 0 Å². The van der Waals surface area contributed by atoms with Gasteiger partial charge in [0.2, 0.25) is 0 Å². The Balaban J connectivity index is 1.59. The van der Waals surface area contributed by atoms with Crippen LogP contribution in [-0.4, -0.2) is 40.7 Å². The number of urea groups is 1. The van der Waals surface area contributed by atoms with E-state index in [1.54, 1.807) is 0 Å². The Labute approximate surface area is 124 Å². The molecule has 2 aliphatic heterocycles. The summed E-state index contributed by atoms with van der Waals surface area (Å²) in [5.41, 5.74) is 0. The molecule has 0 aliphatic carbocycles. The molecular formula is C13H22N2O2S2. The van der Waals surface area contributed by atoms with E-state index in [-0.39, 0.29) is 12.1 Å². The van der Waals surface area contributed by atoms with Crippen LogP contribution in [0.3, 0.4) is 0 Å². The fraction of sp³-hybridized carbons (Fsp3) is 0.846. The smallest absolute Gasteiger partial charge is 0.315 e. The minimum absolute atomic E-state index is 0.0257. The molecule has 0 saturated carbocycles. The predicted octanol–water partition coefficient (Wildman–Crippen LogP) is 1.99. The van der Waals surface area contributed by atoms with Crippen LogP contribution in [-0.2, 0) is 4.79 Å². The molecule has 3 unspecified atom stereocenters. The minimum atomic E-state index is -0.0257. The zero-order valence-electron chi connectivity index (χ0n) is 11.1. The van der Waals surface area contributed by atoms with Crippen molar-refractivity contribution in [3.05, 3.63) is 0 Å². The number of unbranched alkanes of at least 4 members (excludes halogenated alkanes) is 1. The topological polar surface area (TPSA) is 58.2 Å². The Morgan fingerprint density at radius 1 is 1.26 bits per heavy atom.